The Morgan fingerprint density at radius 3 is 2.17 bits per heavy atom. The van der Waals surface area contributed by atoms with Gasteiger partial charge in [-0.3, -0.25) is 9.12 Å². The average Bonchev–Trinajstić information content (AvgIpc) is 2.13. The first-order chi connectivity index (χ1) is 8.18. The lowest BCUT2D eigenvalue weighted by atomic mass is 10.5. The van der Waals surface area contributed by atoms with Crippen molar-refractivity contribution in [3.05, 3.63) is 0 Å². The summed E-state index contributed by atoms with van der Waals surface area (Å²) in [5, 5.41) is 0.960. The Kier molecular flexibility index (Phi) is 5.64. The summed E-state index contributed by atoms with van der Waals surface area (Å²) in [5.41, 5.74) is 0. The Morgan fingerprint density at radius 2 is 1.67 bits per heavy atom. The third-order valence-electron chi connectivity index (χ3n) is 1.51. The van der Waals surface area contributed by atoms with Crippen molar-refractivity contribution in [1.82, 2.24) is 5.06 Å². The van der Waals surface area contributed by atoms with Crippen molar-refractivity contribution in [2.75, 3.05) is 26.3 Å². The number of hydrogen-bond donors (Lipinski definition) is 1. The predicted octanol–water partition coefficient (Wildman–Crippen LogP) is -1.28. The van der Waals surface area contributed by atoms with Gasteiger partial charge in [-0.05, 0) is 0 Å². The monoisotopic (exact) mass is 327 g/mol. The van der Waals surface area contributed by atoms with E-state index in [-0.39, 0.29) is 26.3 Å². The van der Waals surface area contributed by atoms with Crippen LogP contribution < -0.4 is 0 Å². The van der Waals surface area contributed by atoms with Crippen LogP contribution in [0.5, 0.6) is 0 Å². The Labute approximate surface area is 104 Å². The maximum absolute atomic E-state index is 11.1. The molecule has 1 saturated heterocycles. The Hall–Kier alpha value is -0.110. The molecule has 1 atom stereocenters. The van der Waals surface area contributed by atoms with E-state index in [0.29, 0.717) is 0 Å². The summed E-state index contributed by atoms with van der Waals surface area (Å²) in [6.07, 6.45) is 0. The Bertz CT molecular complexity index is 492. The molecule has 0 amide bonds. The molecule has 1 N–H and O–H groups in total. The third-order valence-corrected chi connectivity index (χ3v) is 4.65. The van der Waals surface area contributed by atoms with Crippen molar-refractivity contribution in [2.24, 2.45) is 0 Å². The molecule has 0 aromatic rings. The molecule has 0 bridgehead atoms. The van der Waals surface area contributed by atoms with Crippen molar-refractivity contribution >= 4 is 29.1 Å². The standard InChI is InChI=1S/C4H10NO10PS2/c6-16(14-17(7,8)9)15-18(10,11)13-5-1-3-12-4-2-5/h16H,1-4H2,(H,7,8,9). The number of ether oxygens (including phenoxy) is 1. The number of hydroxylamine groups is 2. The smallest absolute Gasteiger partial charge is 0.379 e. The molecule has 1 heterocycles. The minimum atomic E-state index is -5.07. The second-order valence-corrected chi connectivity index (χ2v) is 6.52. The van der Waals surface area contributed by atoms with Crippen LogP contribution in [0.2, 0.25) is 0 Å². The van der Waals surface area contributed by atoms with E-state index >= 15 is 0 Å². The predicted molar refractivity (Wildman–Crippen MR) is 55.1 cm³/mol. The van der Waals surface area contributed by atoms with Gasteiger partial charge >= 0.3 is 29.1 Å². The molecular formula is C4H10NO10PS2. The second-order valence-electron chi connectivity index (χ2n) is 2.87. The van der Waals surface area contributed by atoms with Gasteiger partial charge in [0.25, 0.3) is 0 Å². The van der Waals surface area contributed by atoms with Gasteiger partial charge in [-0.2, -0.15) is 34.1 Å². The van der Waals surface area contributed by atoms with Crippen LogP contribution in [0, 0.1) is 0 Å². The fraction of sp³-hybridized carbons (Fsp3) is 1.00. The highest BCUT2D eigenvalue weighted by atomic mass is 32.3. The van der Waals surface area contributed by atoms with Gasteiger partial charge in [0.1, 0.15) is 0 Å². The molecule has 0 saturated carbocycles. The first-order valence-corrected chi connectivity index (χ1v) is 8.28. The van der Waals surface area contributed by atoms with E-state index in [2.05, 4.69) is 12.2 Å². The van der Waals surface area contributed by atoms with Gasteiger partial charge in [-0.25, -0.2) is 0 Å². The van der Waals surface area contributed by atoms with Gasteiger partial charge in [0, 0.05) is 13.1 Å². The van der Waals surface area contributed by atoms with Crippen LogP contribution in [0.15, 0.2) is 0 Å². The summed E-state index contributed by atoms with van der Waals surface area (Å²) < 4.78 is 77.9. The van der Waals surface area contributed by atoms with Crippen LogP contribution in [0.3, 0.4) is 0 Å². The van der Waals surface area contributed by atoms with Gasteiger partial charge in [-0.1, -0.05) is 0 Å². The second kappa shape index (κ2) is 6.36. The number of nitrogens with zero attached hydrogens (tertiary/aromatic N) is 1. The van der Waals surface area contributed by atoms with Crippen LogP contribution in [-0.4, -0.2) is 52.8 Å². The lowest BCUT2D eigenvalue weighted by molar-refractivity contribution is -0.118. The molecule has 0 aromatic heterocycles. The number of rotatable bonds is 6. The maximum Gasteiger partial charge on any atom is 0.423 e. The fourth-order valence-corrected chi connectivity index (χ4v) is 3.19. The summed E-state index contributed by atoms with van der Waals surface area (Å²) in [5.74, 6) is 0. The van der Waals surface area contributed by atoms with Crippen LogP contribution in [-0.2, 0) is 42.3 Å². The molecule has 0 aromatic carbocycles. The summed E-state index contributed by atoms with van der Waals surface area (Å²) in [7, 11) is -13.8. The summed E-state index contributed by atoms with van der Waals surface area (Å²) in [4.78, 5) is 0. The zero-order valence-corrected chi connectivity index (χ0v) is 11.3. The van der Waals surface area contributed by atoms with Crippen molar-refractivity contribution in [3.63, 3.8) is 0 Å². The lowest BCUT2D eigenvalue weighted by Gasteiger charge is -2.23. The third kappa shape index (κ3) is 6.72. The minimum absolute atomic E-state index is 0.128. The van der Waals surface area contributed by atoms with Gasteiger partial charge in [0.05, 0.1) is 13.2 Å². The first kappa shape index (κ1) is 15.9. The van der Waals surface area contributed by atoms with Gasteiger partial charge in [0.15, 0.2) is 0 Å². The summed E-state index contributed by atoms with van der Waals surface area (Å²) in [6, 6.07) is 0. The number of morpholine rings is 1. The van der Waals surface area contributed by atoms with E-state index in [1.54, 1.807) is 0 Å². The molecule has 0 aliphatic carbocycles. The van der Waals surface area contributed by atoms with Crippen LogP contribution in [0.25, 0.3) is 0 Å². The summed E-state index contributed by atoms with van der Waals surface area (Å²) >= 11 is 0. The van der Waals surface area contributed by atoms with Crippen molar-refractivity contribution in [2.45, 2.75) is 0 Å². The molecule has 108 valence electrons. The van der Waals surface area contributed by atoms with Crippen molar-refractivity contribution in [1.29, 1.82) is 0 Å². The largest absolute Gasteiger partial charge is 0.423 e. The van der Waals surface area contributed by atoms with Crippen LogP contribution in [0.1, 0.15) is 0 Å². The maximum atomic E-state index is 11.1. The van der Waals surface area contributed by atoms with Gasteiger partial charge in [0.2, 0.25) is 0 Å². The quantitative estimate of drug-likeness (QED) is 0.459. The van der Waals surface area contributed by atoms with Crippen molar-refractivity contribution in [3.8, 4) is 0 Å². The average molecular weight is 327 g/mol. The van der Waals surface area contributed by atoms with Gasteiger partial charge in [-0.15, -0.1) is 0 Å². The zero-order chi connectivity index (χ0) is 13.8. The summed E-state index contributed by atoms with van der Waals surface area (Å²) in [6.45, 7) is 0.712. The highest BCUT2D eigenvalue weighted by molar-refractivity contribution is 7.88. The molecule has 1 aliphatic rings. The Balaban J connectivity index is 2.51. The van der Waals surface area contributed by atoms with E-state index in [1.165, 1.54) is 0 Å². The first-order valence-electron chi connectivity index (χ1n) is 4.35. The fourth-order valence-electron chi connectivity index (χ4n) is 0.949. The molecule has 18 heavy (non-hydrogen) atoms. The molecule has 1 unspecified atom stereocenters. The normalized spacial score (nSPS) is 20.7. The van der Waals surface area contributed by atoms with E-state index in [9.17, 15) is 21.4 Å². The Morgan fingerprint density at radius 1 is 1.11 bits per heavy atom. The minimum Gasteiger partial charge on any atom is -0.379 e. The lowest BCUT2D eigenvalue weighted by Crippen LogP contribution is -2.38. The van der Waals surface area contributed by atoms with E-state index in [4.69, 9.17) is 9.29 Å². The zero-order valence-electron chi connectivity index (χ0n) is 8.71. The molecule has 0 spiro atoms. The number of hydrogen-bond acceptors (Lipinski definition) is 10. The van der Waals surface area contributed by atoms with Crippen molar-refractivity contribution < 1.29 is 42.9 Å². The molecule has 1 aliphatic heterocycles. The molecule has 0 radical (unpaired) electrons. The van der Waals surface area contributed by atoms with E-state index < -0.39 is 29.1 Å². The van der Waals surface area contributed by atoms with Crippen LogP contribution >= 0.6 is 8.25 Å². The molecule has 1 fully saturated rings. The molecule has 11 nitrogen and oxygen atoms in total. The van der Waals surface area contributed by atoms with E-state index in [1.807, 2.05) is 0 Å². The van der Waals surface area contributed by atoms with Gasteiger partial charge < -0.3 is 4.74 Å². The molecule has 14 heteroatoms. The topological polar surface area (TPSA) is 146 Å². The highest BCUT2D eigenvalue weighted by Gasteiger charge is 2.25. The van der Waals surface area contributed by atoms with Crippen LogP contribution in [0.4, 0.5) is 0 Å². The molecule has 1 rings (SSSR count). The highest BCUT2D eigenvalue weighted by Crippen LogP contribution is 2.29. The van der Waals surface area contributed by atoms with E-state index in [0.717, 1.165) is 5.06 Å². The SMILES string of the molecule is O=[PH](OS(=O)(=O)O)OS(=O)(=O)ON1CCOCC1. The molecular weight excluding hydrogens is 317 g/mol.